The molecule has 0 aromatic carbocycles. The summed E-state index contributed by atoms with van der Waals surface area (Å²) in [6, 6.07) is 0.581. The van der Waals surface area contributed by atoms with Crippen molar-refractivity contribution in [3.8, 4) is 0 Å². The molecule has 0 spiro atoms. The second kappa shape index (κ2) is 7.49. The van der Waals surface area contributed by atoms with Gasteiger partial charge in [-0.3, -0.25) is 0 Å². The van der Waals surface area contributed by atoms with Gasteiger partial charge in [-0.15, -0.1) is 0 Å². The summed E-state index contributed by atoms with van der Waals surface area (Å²) >= 11 is 0. The largest absolute Gasteiger partial charge is 0.377 e. The lowest BCUT2D eigenvalue weighted by molar-refractivity contribution is -0.0189. The lowest BCUT2D eigenvalue weighted by Crippen LogP contribution is -2.45. The van der Waals surface area contributed by atoms with Gasteiger partial charge < -0.3 is 10.1 Å². The first-order chi connectivity index (χ1) is 8.46. The lowest BCUT2D eigenvalue weighted by Gasteiger charge is -2.36. The van der Waals surface area contributed by atoms with Crippen LogP contribution in [0.5, 0.6) is 0 Å². The van der Waals surface area contributed by atoms with E-state index in [9.17, 15) is 0 Å². The fourth-order valence-corrected chi connectivity index (χ4v) is 2.78. The van der Waals surface area contributed by atoms with Gasteiger partial charge in [-0.25, -0.2) is 0 Å². The summed E-state index contributed by atoms with van der Waals surface area (Å²) in [4.78, 5) is 0. The smallest absolute Gasteiger partial charge is 0.0730 e. The van der Waals surface area contributed by atoms with Crippen molar-refractivity contribution >= 4 is 0 Å². The topological polar surface area (TPSA) is 21.3 Å². The maximum atomic E-state index is 6.19. The van der Waals surface area contributed by atoms with Crippen molar-refractivity contribution in [2.75, 3.05) is 13.2 Å². The molecule has 3 atom stereocenters. The molecule has 3 unspecified atom stereocenters. The van der Waals surface area contributed by atoms with Crippen molar-refractivity contribution in [1.29, 1.82) is 0 Å². The van der Waals surface area contributed by atoms with Gasteiger partial charge in [0.2, 0.25) is 0 Å². The number of rotatable bonds is 6. The summed E-state index contributed by atoms with van der Waals surface area (Å²) in [6.07, 6.45) is 6.79. The molecule has 0 aromatic heterocycles. The Labute approximate surface area is 114 Å². The Bertz CT molecular complexity index is 222. The number of likely N-dealkylation sites (N-methyl/N-ethyl adjacent to an activating group) is 1. The van der Waals surface area contributed by atoms with Crippen molar-refractivity contribution < 1.29 is 4.74 Å². The van der Waals surface area contributed by atoms with Crippen LogP contribution >= 0.6 is 0 Å². The Morgan fingerprint density at radius 1 is 1.17 bits per heavy atom. The summed E-state index contributed by atoms with van der Waals surface area (Å²) in [5.41, 5.74) is 0.381. The fraction of sp³-hybridized carbons (Fsp3) is 1.00. The summed E-state index contributed by atoms with van der Waals surface area (Å²) < 4.78 is 6.19. The molecule has 0 aromatic rings. The van der Waals surface area contributed by atoms with E-state index in [1.165, 1.54) is 25.7 Å². The molecule has 2 nitrogen and oxygen atoms in total. The number of hydrogen-bond acceptors (Lipinski definition) is 2. The first kappa shape index (κ1) is 16.0. The quantitative estimate of drug-likeness (QED) is 0.774. The van der Waals surface area contributed by atoms with Gasteiger partial charge >= 0.3 is 0 Å². The van der Waals surface area contributed by atoms with E-state index in [1.54, 1.807) is 0 Å². The molecule has 108 valence electrons. The number of ether oxygens (including phenoxy) is 1. The Morgan fingerprint density at radius 3 is 2.44 bits per heavy atom. The average Bonchev–Trinajstić information content (AvgIpc) is 2.30. The third kappa shape index (κ3) is 5.71. The van der Waals surface area contributed by atoms with Crippen LogP contribution in [0.1, 0.15) is 66.7 Å². The van der Waals surface area contributed by atoms with Gasteiger partial charge in [0.05, 0.1) is 6.10 Å². The van der Waals surface area contributed by atoms with E-state index in [0.29, 0.717) is 17.6 Å². The van der Waals surface area contributed by atoms with Crippen LogP contribution in [0.2, 0.25) is 0 Å². The molecule has 2 heteroatoms. The molecule has 1 fully saturated rings. The summed E-state index contributed by atoms with van der Waals surface area (Å²) in [5.74, 6) is 0.875. The van der Waals surface area contributed by atoms with Crippen LogP contribution in [-0.2, 0) is 4.74 Å². The molecule has 1 rings (SSSR count). The van der Waals surface area contributed by atoms with Gasteiger partial charge in [0.1, 0.15) is 0 Å². The predicted octanol–water partition coefficient (Wildman–Crippen LogP) is 4.00. The van der Waals surface area contributed by atoms with Gasteiger partial charge in [-0.05, 0) is 43.6 Å². The van der Waals surface area contributed by atoms with Gasteiger partial charge in [0, 0.05) is 12.6 Å². The highest BCUT2D eigenvalue weighted by molar-refractivity contribution is 4.85. The molecular formula is C16H33NO. The summed E-state index contributed by atoms with van der Waals surface area (Å²) in [5, 5.41) is 3.60. The van der Waals surface area contributed by atoms with Gasteiger partial charge in [-0.1, -0.05) is 41.0 Å². The Hall–Kier alpha value is -0.0800. The van der Waals surface area contributed by atoms with E-state index in [-0.39, 0.29) is 0 Å². The normalized spacial score (nSPS) is 29.5. The van der Waals surface area contributed by atoms with E-state index in [2.05, 4.69) is 39.9 Å². The van der Waals surface area contributed by atoms with Crippen molar-refractivity contribution in [3.63, 3.8) is 0 Å². The van der Waals surface area contributed by atoms with Gasteiger partial charge in [0.25, 0.3) is 0 Å². The predicted molar refractivity (Wildman–Crippen MR) is 78.9 cm³/mol. The standard InChI is InChI=1S/C16H33NO/c1-6-13-8-9-14(17-7-2)15(12-13)18-11-10-16(3,4)5/h13-15,17H,6-12H2,1-5H3. The summed E-state index contributed by atoms with van der Waals surface area (Å²) in [6.45, 7) is 13.3. The Kier molecular flexibility index (Phi) is 6.65. The van der Waals surface area contributed by atoms with Crippen LogP contribution in [0.3, 0.4) is 0 Å². The minimum Gasteiger partial charge on any atom is -0.377 e. The molecule has 0 aliphatic heterocycles. The van der Waals surface area contributed by atoms with Crippen molar-refractivity contribution in [2.45, 2.75) is 78.9 Å². The third-order valence-electron chi connectivity index (χ3n) is 4.13. The molecule has 0 radical (unpaired) electrons. The molecule has 0 saturated heterocycles. The number of nitrogens with one attached hydrogen (secondary N) is 1. The van der Waals surface area contributed by atoms with Crippen LogP contribution < -0.4 is 5.32 Å². The van der Waals surface area contributed by atoms with Crippen LogP contribution in [0, 0.1) is 11.3 Å². The van der Waals surface area contributed by atoms with Crippen LogP contribution in [0.25, 0.3) is 0 Å². The maximum absolute atomic E-state index is 6.19. The van der Waals surface area contributed by atoms with E-state index < -0.39 is 0 Å². The third-order valence-corrected chi connectivity index (χ3v) is 4.13. The summed E-state index contributed by atoms with van der Waals surface area (Å²) in [7, 11) is 0. The first-order valence-corrected chi connectivity index (χ1v) is 7.81. The van der Waals surface area contributed by atoms with Gasteiger partial charge in [0.15, 0.2) is 0 Å². The highest BCUT2D eigenvalue weighted by Gasteiger charge is 2.30. The van der Waals surface area contributed by atoms with E-state index >= 15 is 0 Å². The van der Waals surface area contributed by atoms with E-state index in [0.717, 1.165) is 25.5 Å². The van der Waals surface area contributed by atoms with Crippen LogP contribution in [-0.4, -0.2) is 25.3 Å². The lowest BCUT2D eigenvalue weighted by atomic mass is 9.82. The molecule has 1 aliphatic rings. The highest BCUT2D eigenvalue weighted by Crippen LogP contribution is 2.29. The Morgan fingerprint density at radius 2 is 1.89 bits per heavy atom. The SMILES string of the molecule is CCNC1CCC(CC)CC1OCCC(C)(C)C. The van der Waals surface area contributed by atoms with Crippen LogP contribution in [0.15, 0.2) is 0 Å². The van der Waals surface area contributed by atoms with Crippen LogP contribution in [0.4, 0.5) is 0 Å². The molecular weight excluding hydrogens is 222 g/mol. The minimum atomic E-state index is 0.381. The zero-order chi connectivity index (χ0) is 13.6. The second-order valence-electron chi connectivity index (χ2n) is 6.97. The van der Waals surface area contributed by atoms with Crippen molar-refractivity contribution in [2.24, 2.45) is 11.3 Å². The monoisotopic (exact) mass is 255 g/mol. The van der Waals surface area contributed by atoms with E-state index in [1.807, 2.05) is 0 Å². The van der Waals surface area contributed by atoms with Crippen molar-refractivity contribution in [1.82, 2.24) is 5.32 Å². The molecule has 0 bridgehead atoms. The maximum Gasteiger partial charge on any atom is 0.0730 e. The number of hydrogen-bond donors (Lipinski definition) is 1. The second-order valence-corrected chi connectivity index (χ2v) is 6.97. The zero-order valence-electron chi connectivity index (χ0n) is 13.1. The Balaban J connectivity index is 2.40. The van der Waals surface area contributed by atoms with Crippen molar-refractivity contribution in [3.05, 3.63) is 0 Å². The van der Waals surface area contributed by atoms with Gasteiger partial charge in [-0.2, -0.15) is 0 Å². The molecule has 0 amide bonds. The fourth-order valence-electron chi connectivity index (χ4n) is 2.78. The highest BCUT2D eigenvalue weighted by atomic mass is 16.5. The molecule has 1 aliphatic carbocycles. The molecule has 1 saturated carbocycles. The minimum absolute atomic E-state index is 0.381. The van der Waals surface area contributed by atoms with E-state index in [4.69, 9.17) is 4.74 Å². The molecule has 1 N–H and O–H groups in total. The molecule has 18 heavy (non-hydrogen) atoms. The average molecular weight is 255 g/mol. The first-order valence-electron chi connectivity index (χ1n) is 7.81. The zero-order valence-corrected chi connectivity index (χ0v) is 13.1. The molecule has 0 heterocycles.